The average molecular weight is 285 g/mol. The zero-order valence-corrected chi connectivity index (χ0v) is 12.4. The molecule has 0 spiro atoms. The number of imidazole rings is 1. The highest BCUT2D eigenvalue weighted by atomic mass is 32.2. The van der Waals surface area contributed by atoms with Crippen LogP contribution in [0.3, 0.4) is 0 Å². The molecule has 2 aromatic heterocycles. The Labute approximate surface area is 115 Å². The fourth-order valence-corrected chi connectivity index (χ4v) is 3.37. The van der Waals surface area contributed by atoms with Crippen LogP contribution >= 0.6 is 23.1 Å². The molecule has 18 heavy (non-hydrogen) atoms. The number of fused-ring (bicyclic) bond motifs is 1. The van der Waals surface area contributed by atoms with Crippen molar-refractivity contribution < 1.29 is 5.11 Å². The molecule has 0 saturated heterocycles. The third-order valence-electron chi connectivity index (χ3n) is 2.61. The van der Waals surface area contributed by atoms with E-state index in [9.17, 15) is 0 Å². The first-order valence-electron chi connectivity index (χ1n) is 6.19. The van der Waals surface area contributed by atoms with Gasteiger partial charge in [0.25, 0.3) is 0 Å². The molecular formula is C12H19N3OS2. The second-order valence-electron chi connectivity index (χ2n) is 4.21. The monoisotopic (exact) mass is 285 g/mol. The first-order valence-corrected chi connectivity index (χ1v) is 7.94. The highest BCUT2D eigenvalue weighted by molar-refractivity contribution is 7.99. The summed E-state index contributed by atoms with van der Waals surface area (Å²) in [5, 5.41) is 15.8. The normalized spacial score (nSPS) is 13.3. The third-order valence-corrected chi connectivity index (χ3v) is 4.47. The second kappa shape index (κ2) is 6.56. The molecule has 0 radical (unpaired) electrons. The maximum atomic E-state index is 9.16. The predicted molar refractivity (Wildman–Crippen MR) is 77.5 cm³/mol. The minimum atomic E-state index is 0.178. The van der Waals surface area contributed by atoms with Crippen LogP contribution in [0.4, 0.5) is 0 Å². The zero-order valence-electron chi connectivity index (χ0n) is 10.7. The molecule has 0 aliphatic rings. The summed E-state index contributed by atoms with van der Waals surface area (Å²) in [6, 6.07) is 0. The quantitative estimate of drug-likeness (QED) is 0.606. The van der Waals surface area contributed by atoms with Crippen LogP contribution in [0, 0.1) is 0 Å². The minimum Gasteiger partial charge on any atom is -0.395 e. The Hall–Kier alpha value is -0.560. The van der Waals surface area contributed by atoms with Crippen molar-refractivity contribution in [2.45, 2.75) is 37.1 Å². The number of rotatable bonds is 7. The number of nitrogens with one attached hydrogen (secondary N) is 1. The Bertz CT molecular complexity index is 494. The molecule has 0 bridgehead atoms. The lowest BCUT2D eigenvalue weighted by Gasteiger charge is -2.08. The maximum Gasteiger partial charge on any atom is 0.194 e. The Morgan fingerprint density at radius 3 is 3.17 bits per heavy atom. The van der Waals surface area contributed by atoms with Crippen LogP contribution in [0.2, 0.25) is 0 Å². The molecule has 2 N–H and O–H groups in total. The molecule has 0 fully saturated rings. The zero-order chi connectivity index (χ0) is 13.0. The summed E-state index contributed by atoms with van der Waals surface area (Å²) in [5.41, 5.74) is 1.20. The van der Waals surface area contributed by atoms with E-state index in [1.807, 2.05) is 6.92 Å². The van der Waals surface area contributed by atoms with E-state index in [1.54, 1.807) is 23.1 Å². The lowest BCUT2D eigenvalue weighted by atomic mass is 10.4. The van der Waals surface area contributed by atoms with E-state index >= 15 is 0 Å². The smallest absolute Gasteiger partial charge is 0.194 e. The Kier molecular flexibility index (Phi) is 5.05. The van der Waals surface area contributed by atoms with Crippen LogP contribution in [0.1, 0.15) is 26.0 Å². The Balaban J connectivity index is 2.20. The van der Waals surface area contributed by atoms with Crippen molar-refractivity contribution in [3.05, 3.63) is 17.3 Å². The van der Waals surface area contributed by atoms with Gasteiger partial charge in [0.15, 0.2) is 4.96 Å². The summed E-state index contributed by atoms with van der Waals surface area (Å²) >= 11 is 3.29. The van der Waals surface area contributed by atoms with E-state index in [-0.39, 0.29) is 11.9 Å². The molecule has 0 aliphatic heterocycles. The fraction of sp³-hybridized carbons (Fsp3) is 0.583. The van der Waals surface area contributed by atoms with Crippen LogP contribution in [0.15, 0.2) is 16.6 Å². The molecule has 2 heterocycles. The fourth-order valence-electron chi connectivity index (χ4n) is 1.68. The van der Waals surface area contributed by atoms with Crippen LogP contribution < -0.4 is 5.32 Å². The molecule has 2 aromatic rings. The van der Waals surface area contributed by atoms with E-state index in [4.69, 9.17) is 5.11 Å². The summed E-state index contributed by atoms with van der Waals surface area (Å²) in [5.74, 6) is 0. The van der Waals surface area contributed by atoms with Gasteiger partial charge in [-0.25, -0.2) is 4.98 Å². The first kappa shape index (κ1) is 13.9. The van der Waals surface area contributed by atoms with Gasteiger partial charge in [0.2, 0.25) is 0 Å². The van der Waals surface area contributed by atoms with Crippen LogP contribution in [-0.4, -0.2) is 32.9 Å². The largest absolute Gasteiger partial charge is 0.395 e. The van der Waals surface area contributed by atoms with E-state index in [0.717, 1.165) is 29.5 Å². The SMILES string of the molecule is CCCNCc1c(SC(C)CO)nc2sccn12. The Morgan fingerprint density at radius 2 is 2.44 bits per heavy atom. The van der Waals surface area contributed by atoms with Gasteiger partial charge < -0.3 is 10.4 Å². The van der Waals surface area contributed by atoms with Crippen molar-refractivity contribution in [3.8, 4) is 0 Å². The molecule has 1 unspecified atom stereocenters. The number of hydrogen-bond donors (Lipinski definition) is 2. The highest BCUT2D eigenvalue weighted by Crippen LogP contribution is 2.28. The number of aliphatic hydroxyl groups is 1. The van der Waals surface area contributed by atoms with Crippen LogP contribution in [0.25, 0.3) is 4.96 Å². The van der Waals surface area contributed by atoms with Gasteiger partial charge in [-0.15, -0.1) is 11.3 Å². The van der Waals surface area contributed by atoms with Crippen molar-refractivity contribution in [1.29, 1.82) is 0 Å². The number of aliphatic hydroxyl groups excluding tert-OH is 1. The topological polar surface area (TPSA) is 49.6 Å². The molecular weight excluding hydrogens is 266 g/mol. The minimum absolute atomic E-state index is 0.178. The number of thioether (sulfide) groups is 1. The van der Waals surface area contributed by atoms with Crippen LogP contribution in [-0.2, 0) is 6.54 Å². The molecule has 0 aromatic carbocycles. The lowest BCUT2D eigenvalue weighted by molar-refractivity contribution is 0.300. The third kappa shape index (κ3) is 3.06. The first-order chi connectivity index (χ1) is 8.76. The summed E-state index contributed by atoms with van der Waals surface area (Å²) in [6.07, 6.45) is 3.19. The Morgan fingerprint density at radius 1 is 1.61 bits per heavy atom. The van der Waals surface area contributed by atoms with Crippen molar-refractivity contribution in [2.24, 2.45) is 0 Å². The molecule has 1 atom stereocenters. The van der Waals surface area contributed by atoms with E-state index in [1.165, 1.54) is 5.69 Å². The summed E-state index contributed by atoms with van der Waals surface area (Å²) < 4.78 is 2.14. The predicted octanol–water partition coefficient (Wildman–Crippen LogP) is 2.37. The summed E-state index contributed by atoms with van der Waals surface area (Å²) in [6.45, 7) is 6.19. The van der Waals surface area contributed by atoms with Gasteiger partial charge in [0.05, 0.1) is 12.3 Å². The van der Waals surface area contributed by atoms with E-state index < -0.39 is 0 Å². The van der Waals surface area contributed by atoms with Gasteiger partial charge >= 0.3 is 0 Å². The van der Waals surface area contributed by atoms with E-state index in [2.05, 4.69) is 33.2 Å². The molecule has 2 rings (SSSR count). The molecule has 0 saturated carbocycles. The number of nitrogens with zero attached hydrogens (tertiary/aromatic N) is 2. The second-order valence-corrected chi connectivity index (χ2v) is 6.51. The molecule has 0 amide bonds. The summed E-state index contributed by atoms with van der Waals surface area (Å²) in [4.78, 5) is 5.66. The van der Waals surface area contributed by atoms with Crippen molar-refractivity contribution in [1.82, 2.24) is 14.7 Å². The van der Waals surface area contributed by atoms with Gasteiger partial charge in [-0.2, -0.15) is 0 Å². The van der Waals surface area contributed by atoms with Crippen LogP contribution in [0.5, 0.6) is 0 Å². The lowest BCUT2D eigenvalue weighted by Crippen LogP contribution is -2.16. The number of aromatic nitrogens is 2. The van der Waals surface area contributed by atoms with Crippen molar-refractivity contribution in [2.75, 3.05) is 13.2 Å². The average Bonchev–Trinajstić information content (AvgIpc) is 2.92. The standard InChI is InChI=1S/C12H19N3OS2/c1-3-4-13-7-10-11(18-9(2)8-16)14-12-15(10)5-6-17-12/h5-6,9,13,16H,3-4,7-8H2,1-2H3. The maximum absolute atomic E-state index is 9.16. The van der Waals surface area contributed by atoms with Gasteiger partial charge in [0, 0.05) is 23.4 Å². The number of hydrogen-bond acceptors (Lipinski definition) is 5. The molecule has 0 aliphatic carbocycles. The number of thiazole rings is 1. The summed E-state index contributed by atoms with van der Waals surface area (Å²) in [7, 11) is 0. The molecule has 100 valence electrons. The van der Waals surface area contributed by atoms with Crippen molar-refractivity contribution in [3.63, 3.8) is 0 Å². The van der Waals surface area contributed by atoms with Gasteiger partial charge in [0.1, 0.15) is 5.03 Å². The van der Waals surface area contributed by atoms with E-state index in [0.29, 0.717) is 0 Å². The molecule has 6 heteroatoms. The van der Waals surface area contributed by atoms with Gasteiger partial charge in [-0.1, -0.05) is 25.6 Å². The molecule has 4 nitrogen and oxygen atoms in total. The van der Waals surface area contributed by atoms with Crippen molar-refractivity contribution >= 4 is 28.1 Å². The van der Waals surface area contributed by atoms with Gasteiger partial charge in [-0.05, 0) is 13.0 Å². The highest BCUT2D eigenvalue weighted by Gasteiger charge is 2.15. The van der Waals surface area contributed by atoms with Gasteiger partial charge in [-0.3, -0.25) is 4.40 Å².